The lowest BCUT2D eigenvalue weighted by atomic mass is 10.2. The fourth-order valence-electron chi connectivity index (χ4n) is 2.48. The molecule has 0 aliphatic rings. The Balaban J connectivity index is 2.21. The molecule has 3 N–H and O–H groups in total. The minimum Gasteiger partial charge on any atom is -0.352 e. The van der Waals surface area contributed by atoms with Gasteiger partial charge < -0.3 is 15.6 Å². The van der Waals surface area contributed by atoms with E-state index in [9.17, 15) is 4.79 Å². The van der Waals surface area contributed by atoms with Crippen molar-refractivity contribution in [3.05, 3.63) is 53.3 Å². The van der Waals surface area contributed by atoms with E-state index in [1.807, 2.05) is 57.2 Å². The number of para-hydroxylation sites is 1. The summed E-state index contributed by atoms with van der Waals surface area (Å²) in [6.07, 6.45) is 0.781. The monoisotopic (exact) mass is 285 g/mol. The van der Waals surface area contributed by atoms with Crippen molar-refractivity contribution >= 4 is 5.91 Å². The number of hydrogen-bond acceptors (Lipinski definition) is 2. The van der Waals surface area contributed by atoms with Crippen LogP contribution in [0.25, 0.3) is 5.69 Å². The van der Waals surface area contributed by atoms with Crippen LogP contribution < -0.4 is 11.1 Å². The molecule has 4 heteroatoms. The van der Waals surface area contributed by atoms with Crippen molar-refractivity contribution in [1.82, 2.24) is 9.88 Å². The van der Waals surface area contributed by atoms with Gasteiger partial charge in [-0.2, -0.15) is 0 Å². The summed E-state index contributed by atoms with van der Waals surface area (Å²) in [4.78, 5) is 12.3. The Morgan fingerprint density at radius 3 is 2.57 bits per heavy atom. The number of nitrogens with two attached hydrogens (primary N) is 1. The molecular formula is C17H23N3O. The number of amides is 1. The number of nitrogens with one attached hydrogen (secondary N) is 1. The van der Waals surface area contributed by atoms with Gasteiger partial charge in [-0.1, -0.05) is 18.2 Å². The highest BCUT2D eigenvalue weighted by molar-refractivity contribution is 5.95. The van der Waals surface area contributed by atoms with E-state index in [0.29, 0.717) is 6.54 Å². The first kappa shape index (κ1) is 15.3. The second-order valence-electron chi connectivity index (χ2n) is 5.48. The summed E-state index contributed by atoms with van der Waals surface area (Å²) in [6, 6.07) is 12.1. The van der Waals surface area contributed by atoms with E-state index in [2.05, 4.69) is 9.88 Å². The van der Waals surface area contributed by atoms with Crippen LogP contribution in [-0.2, 0) is 0 Å². The Hall–Kier alpha value is -2.07. The lowest BCUT2D eigenvalue weighted by Crippen LogP contribution is -2.29. The molecule has 0 radical (unpaired) electrons. The van der Waals surface area contributed by atoms with Gasteiger partial charge in [0, 0.05) is 29.7 Å². The van der Waals surface area contributed by atoms with Crippen LogP contribution in [0.1, 0.15) is 35.1 Å². The number of carbonyl (C=O) groups excluding carboxylic acids is 1. The topological polar surface area (TPSA) is 60.1 Å². The Morgan fingerprint density at radius 1 is 1.29 bits per heavy atom. The summed E-state index contributed by atoms with van der Waals surface area (Å²) >= 11 is 0. The molecule has 1 amide bonds. The maximum absolute atomic E-state index is 12.3. The van der Waals surface area contributed by atoms with Crippen molar-refractivity contribution in [2.24, 2.45) is 5.73 Å². The van der Waals surface area contributed by atoms with E-state index in [1.165, 1.54) is 0 Å². The van der Waals surface area contributed by atoms with Gasteiger partial charge in [0.25, 0.3) is 5.91 Å². The second kappa shape index (κ2) is 6.59. The van der Waals surface area contributed by atoms with Crippen molar-refractivity contribution in [2.45, 2.75) is 33.2 Å². The van der Waals surface area contributed by atoms with Crippen LogP contribution in [0, 0.1) is 13.8 Å². The van der Waals surface area contributed by atoms with Gasteiger partial charge >= 0.3 is 0 Å². The predicted octanol–water partition coefficient (Wildman–Crippen LogP) is 2.56. The highest BCUT2D eigenvalue weighted by atomic mass is 16.1. The molecule has 0 saturated heterocycles. The molecule has 1 heterocycles. The summed E-state index contributed by atoms with van der Waals surface area (Å²) in [5.41, 5.74) is 9.50. The smallest absolute Gasteiger partial charge is 0.253 e. The van der Waals surface area contributed by atoms with E-state index < -0.39 is 0 Å². The number of rotatable bonds is 5. The first-order valence-corrected chi connectivity index (χ1v) is 7.29. The zero-order valence-corrected chi connectivity index (χ0v) is 12.9. The van der Waals surface area contributed by atoms with E-state index in [1.54, 1.807) is 0 Å². The fraction of sp³-hybridized carbons (Fsp3) is 0.353. The van der Waals surface area contributed by atoms with Crippen molar-refractivity contribution in [2.75, 3.05) is 6.54 Å². The Labute approximate surface area is 126 Å². The lowest BCUT2D eigenvalue weighted by Gasteiger charge is -2.10. The van der Waals surface area contributed by atoms with Crippen LogP contribution >= 0.6 is 0 Å². The van der Waals surface area contributed by atoms with Crippen molar-refractivity contribution in [1.29, 1.82) is 0 Å². The molecule has 0 bridgehead atoms. The maximum Gasteiger partial charge on any atom is 0.253 e. The average Bonchev–Trinajstić information content (AvgIpc) is 2.74. The third-order valence-corrected chi connectivity index (χ3v) is 3.58. The van der Waals surface area contributed by atoms with Gasteiger partial charge in [0.2, 0.25) is 0 Å². The maximum atomic E-state index is 12.3. The number of aryl methyl sites for hydroxylation is 1. The average molecular weight is 285 g/mol. The Kier molecular flexibility index (Phi) is 4.81. The molecule has 1 aromatic heterocycles. The highest BCUT2D eigenvalue weighted by Crippen LogP contribution is 2.20. The number of benzene rings is 1. The molecule has 0 aliphatic carbocycles. The molecule has 1 atom stereocenters. The quantitative estimate of drug-likeness (QED) is 0.887. The van der Waals surface area contributed by atoms with Gasteiger partial charge in [0.15, 0.2) is 0 Å². The Morgan fingerprint density at radius 2 is 1.95 bits per heavy atom. The first-order chi connectivity index (χ1) is 10.0. The third-order valence-electron chi connectivity index (χ3n) is 3.58. The molecule has 0 fully saturated rings. The predicted molar refractivity (Wildman–Crippen MR) is 85.8 cm³/mol. The summed E-state index contributed by atoms with van der Waals surface area (Å²) in [5.74, 6) is -0.0362. The number of aromatic nitrogens is 1. The number of nitrogens with zero attached hydrogens (tertiary/aromatic N) is 1. The number of hydrogen-bond donors (Lipinski definition) is 2. The molecular weight excluding hydrogens is 262 g/mol. The first-order valence-electron chi connectivity index (χ1n) is 7.29. The summed E-state index contributed by atoms with van der Waals surface area (Å²) in [7, 11) is 0. The van der Waals surface area contributed by atoms with Crippen LogP contribution in [0.4, 0.5) is 0 Å². The van der Waals surface area contributed by atoms with E-state index in [4.69, 9.17) is 5.73 Å². The molecule has 4 nitrogen and oxygen atoms in total. The molecule has 2 rings (SSSR count). The van der Waals surface area contributed by atoms with Gasteiger partial charge in [0.05, 0.1) is 5.56 Å². The minimum atomic E-state index is -0.0362. The lowest BCUT2D eigenvalue weighted by molar-refractivity contribution is 0.0952. The summed E-state index contributed by atoms with van der Waals surface area (Å²) < 4.78 is 2.10. The zero-order valence-electron chi connectivity index (χ0n) is 12.9. The van der Waals surface area contributed by atoms with Gasteiger partial charge in [-0.25, -0.2) is 0 Å². The van der Waals surface area contributed by atoms with Gasteiger partial charge in [-0.05, 0) is 45.4 Å². The largest absolute Gasteiger partial charge is 0.352 e. The van der Waals surface area contributed by atoms with Gasteiger partial charge in [-0.3, -0.25) is 4.79 Å². The van der Waals surface area contributed by atoms with Crippen LogP contribution in [0.2, 0.25) is 0 Å². The summed E-state index contributed by atoms with van der Waals surface area (Å²) in [6.45, 7) is 6.53. The SMILES string of the molecule is Cc1cc(C(=O)NCCC(C)N)c(C)n1-c1ccccc1. The minimum absolute atomic E-state index is 0.0362. The molecule has 112 valence electrons. The molecule has 0 spiro atoms. The molecule has 21 heavy (non-hydrogen) atoms. The Bertz CT molecular complexity index is 614. The van der Waals surface area contributed by atoms with Gasteiger partial charge in [0.1, 0.15) is 0 Å². The van der Waals surface area contributed by atoms with Crippen LogP contribution in [-0.4, -0.2) is 23.1 Å². The normalized spacial score (nSPS) is 12.2. The van der Waals surface area contributed by atoms with Crippen molar-refractivity contribution < 1.29 is 4.79 Å². The van der Waals surface area contributed by atoms with Crippen LogP contribution in [0.5, 0.6) is 0 Å². The van der Waals surface area contributed by atoms with Gasteiger partial charge in [-0.15, -0.1) is 0 Å². The molecule has 0 saturated carbocycles. The van der Waals surface area contributed by atoms with E-state index in [0.717, 1.165) is 29.1 Å². The van der Waals surface area contributed by atoms with Crippen molar-refractivity contribution in [3.63, 3.8) is 0 Å². The second-order valence-corrected chi connectivity index (χ2v) is 5.48. The highest BCUT2D eigenvalue weighted by Gasteiger charge is 2.16. The van der Waals surface area contributed by atoms with Crippen LogP contribution in [0.15, 0.2) is 36.4 Å². The van der Waals surface area contributed by atoms with Crippen molar-refractivity contribution in [3.8, 4) is 5.69 Å². The third kappa shape index (κ3) is 3.52. The summed E-state index contributed by atoms with van der Waals surface area (Å²) in [5, 5.41) is 2.93. The fourth-order valence-corrected chi connectivity index (χ4v) is 2.48. The van der Waals surface area contributed by atoms with Crippen LogP contribution in [0.3, 0.4) is 0 Å². The standard InChI is InChI=1S/C17H23N3O/c1-12(18)9-10-19-17(21)16-11-13(2)20(14(16)3)15-7-5-4-6-8-15/h4-8,11-12H,9-10,18H2,1-3H3,(H,19,21). The van der Waals surface area contributed by atoms with E-state index >= 15 is 0 Å². The molecule has 1 unspecified atom stereocenters. The molecule has 0 aliphatic heterocycles. The zero-order chi connectivity index (χ0) is 15.4. The number of carbonyl (C=O) groups is 1. The molecule has 1 aromatic carbocycles. The van der Waals surface area contributed by atoms with E-state index in [-0.39, 0.29) is 11.9 Å². The molecule has 2 aromatic rings.